The number of aromatic nitrogens is 3. The van der Waals surface area contributed by atoms with E-state index >= 15 is 0 Å². The Hall–Kier alpha value is -2.12. The molecule has 3 atom stereocenters. The van der Waals surface area contributed by atoms with Gasteiger partial charge in [-0.3, -0.25) is 14.4 Å². The first-order chi connectivity index (χ1) is 12.5. The Morgan fingerprint density at radius 3 is 2.92 bits per heavy atom. The summed E-state index contributed by atoms with van der Waals surface area (Å²) in [5.74, 6) is 0.849. The van der Waals surface area contributed by atoms with E-state index < -0.39 is 0 Å². The second-order valence-electron chi connectivity index (χ2n) is 7.60. The lowest BCUT2D eigenvalue weighted by Crippen LogP contribution is -2.35. The molecule has 4 heterocycles. The van der Waals surface area contributed by atoms with Crippen molar-refractivity contribution in [3.05, 3.63) is 41.5 Å². The number of nitrogens with one attached hydrogen (secondary N) is 1. The number of nitrogens with zero attached hydrogens (tertiary/aromatic N) is 4. The lowest BCUT2D eigenvalue weighted by molar-refractivity contribution is 0.0897. The maximum Gasteiger partial charge on any atom is 0.267 e. The van der Waals surface area contributed by atoms with Gasteiger partial charge in [0.25, 0.3) is 5.91 Å². The fourth-order valence-corrected chi connectivity index (χ4v) is 4.27. The highest BCUT2D eigenvalue weighted by Gasteiger charge is 2.43. The second-order valence-corrected chi connectivity index (χ2v) is 7.60. The number of ether oxygens (including phenoxy) is 1. The van der Waals surface area contributed by atoms with Crippen LogP contribution >= 0.6 is 0 Å². The molecule has 0 spiro atoms. The fourth-order valence-electron chi connectivity index (χ4n) is 4.27. The van der Waals surface area contributed by atoms with Gasteiger partial charge < -0.3 is 14.6 Å². The number of likely N-dealkylation sites (tertiary alicyclic amines) is 1. The predicted octanol–water partition coefficient (Wildman–Crippen LogP) is 0.944. The molecular weight excluding hydrogens is 330 g/mol. The Balaban J connectivity index is 1.32. The average Bonchev–Trinajstić information content (AvgIpc) is 3.32. The molecule has 0 aromatic carbocycles. The summed E-state index contributed by atoms with van der Waals surface area (Å²) in [5, 5.41) is 7.51. The van der Waals surface area contributed by atoms with Crippen molar-refractivity contribution in [1.82, 2.24) is 24.6 Å². The largest absolute Gasteiger partial charge is 0.376 e. The van der Waals surface area contributed by atoms with Crippen molar-refractivity contribution in [2.45, 2.75) is 19.6 Å². The average molecular weight is 357 g/mol. The van der Waals surface area contributed by atoms with Crippen molar-refractivity contribution >= 4 is 5.91 Å². The minimum atomic E-state index is -0.0128. The number of amides is 1. The number of aryl methyl sites for hydroxylation is 3. The molecule has 0 radical (unpaired) electrons. The first-order valence-electron chi connectivity index (χ1n) is 9.24. The molecule has 2 fully saturated rings. The number of hydrogen-bond donors (Lipinski definition) is 1. The van der Waals surface area contributed by atoms with E-state index in [0.29, 0.717) is 24.1 Å². The standard InChI is InChI=1S/C19H27N5O2/c1-13-7-15(23(3)21-13)9-24-10-16-14(12-26-18(16)11-24)8-20-19(25)17-5-4-6-22(17)2/h4-7,14,16,18H,8-12H2,1-3H3,(H,20,25)/t14-,16+,18+/m0/s1. The highest BCUT2D eigenvalue weighted by atomic mass is 16.5. The maximum absolute atomic E-state index is 12.3. The molecule has 26 heavy (non-hydrogen) atoms. The van der Waals surface area contributed by atoms with Gasteiger partial charge in [0.05, 0.1) is 24.1 Å². The number of fused-ring (bicyclic) bond motifs is 1. The Labute approximate surface area is 153 Å². The third-order valence-corrected chi connectivity index (χ3v) is 5.70. The zero-order chi connectivity index (χ0) is 18.3. The molecule has 2 saturated heterocycles. The number of carbonyl (C=O) groups excluding carboxylic acids is 1. The van der Waals surface area contributed by atoms with Crippen LogP contribution in [0.1, 0.15) is 21.9 Å². The van der Waals surface area contributed by atoms with E-state index in [1.54, 1.807) is 0 Å². The summed E-state index contributed by atoms with van der Waals surface area (Å²) in [4.78, 5) is 14.8. The highest BCUT2D eigenvalue weighted by Crippen LogP contribution is 2.34. The monoisotopic (exact) mass is 357 g/mol. The lowest BCUT2D eigenvalue weighted by Gasteiger charge is -2.20. The molecule has 7 nitrogen and oxygen atoms in total. The number of carbonyl (C=O) groups is 1. The van der Waals surface area contributed by atoms with Crippen molar-refractivity contribution in [2.24, 2.45) is 25.9 Å². The van der Waals surface area contributed by atoms with Crippen LogP contribution in [-0.2, 0) is 25.4 Å². The minimum absolute atomic E-state index is 0.0128. The molecule has 0 unspecified atom stereocenters. The summed E-state index contributed by atoms with van der Waals surface area (Å²) in [6.07, 6.45) is 2.17. The smallest absolute Gasteiger partial charge is 0.267 e. The van der Waals surface area contributed by atoms with Gasteiger partial charge in [0, 0.05) is 58.3 Å². The summed E-state index contributed by atoms with van der Waals surface area (Å²) >= 11 is 0. The molecule has 140 valence electrons. The SMILES string of the molecule is Cc1cc(CN2C[C@@H]3[C@@H](CNC(=O)c4cccn4C)CO[C@@H]3C2)n(C)n1. The third-order valence-electron chi connectivity index (χ3n) is 5.70. The summed E-state index contributed by atoms with van der Waals surface area (Å²) in [7, 11) is 3.89. The van der Waals surface area contributed by atoms with E-state index in [-0.39, 0.29) is 12.0 Å². The molecule has 2 aliphatic rings. The molecule has 4 rings (SSSR count). The van der Waals surface area contributed by atoms with Crippen LogP contribution in [0.15, 0.2) is 24.4 Å². The van der Waals surface area contributed by atoms with Crippen molar-refractivity contribution in [3.63, 3.8) is 0 Å². The normalized spacial score (nSPS) is 25.6. The quantitative estimate of drug-likeness (QED) is 0.865. The summed E-state index contributed by atoms with van der Waals surface area (Å²) in [6, 6.07) is 5.88. The Kier molecular flexibility index (Phi) is 4.58. The van der Waals surface area contributed by atoms with Crippen LogP contribution in [0, 0.1) is 18.8 Å². The lowest BCUT2D eigenvalue weighted by atomic mass is 9.93. The second kappa shape index (κ2) is 6.89. The van der Waals surface area contributed by atoms with E-state index in [1.807, 2.05) is 48.6 Å². The predicted molar refractivity (Wildman–Crippen MR) is 97.7 cm³/mol. The molecule has 0 aliphatic carbocycles. The summed E-state index contributed by atoms with van der Waals surface area (Å²) in [6.45, 7) is 6.30. The zero-order valence-electron chi connectivity index (χ0n) is 15.7. The van der Waals surface area contributed by atoms with E-state index in [1.165, 1.54) is 5.69 Å². The number of hydrogen-bond acceptors (Lipinski definition) is 4. The van der Waals surface area contributed by atoms with Crippen LogP contribution in [0.2, 0.25) is 0 Å². The summed E-state index contributed by atoms with van der Waals surface area (Å²) in [5.41, 5.74) is 2.98. The minimum Gasteiger partial charge on any atom is -0.376 e. The Morgan fingerprint density at radius 2 is 2.23 bits per heavy atom. The first kappa shape index (κ1) is 17.3. The van der Waals surface area contributed by atoms with Gasteiger partial charge in [0.15, 0.2) is 0 Å². The van der Waals surface area contributed by atoms with Crippen molar-refractivity contribution < 1.29 is 9.53 Å². The van der Waals surface area contributed by atoms with Gasteiger partial charge in [-0.15, -0.1) is 0 Å². The molecule has 1 amide bonds. The van der Waals surface area contributed by atoms with Crippen molar-refractivity contribution in [3.8, 4) is 0 Å². The zero-order valence-corrected chi connectivity index (χ0v) is 15.7. The topological polar surface area (TPSA) is 64.3 Å². The van der Waals surface area contributed by atoms with Gasteiger partial charge in [-0.25, -0.2) is 0 Å². The van der Waals surface area contributed by atoms with Crippen molar-refractivity contribution in [2.75, 3.05) is 26.2 Å². The van der Waals surface area contributed by atoms with Crippen LogP contribution in [0.5, 0.6) is 0 Å². The molecule has 7 heteroatoms. The van der Waals surface area contributed by atoms with Crippen LogP contribution in [0.25, 0.3) is 0 Å². The highest BCUT2D eigenvalue weighted by molar-refractivity contribution is 5.92. The van der Waals surface area contributed by atoms with Gasteiger partial charge in [0.2, 0.25) is 0 Å². The molecule has 0 bridgehead atoms. The van der Waals surface area contributed by atoms with Gasteiger partial charge in [-0.05, 0) is 25.1 Å². The fraction of sp³-hybridized carbons (Fsp3) is 0.579. The van der Waals surface area contributed by atoms with Gasteiger partial charge in [0.1, 0.15) is 5.69 Å². The van der Waals surface area contributed by atoms with E-state index in [2.05, 4.69) is 21.4 Å². The Bertz CT molecular complexity index is 796. The molecule has 2 aromatic rings. The molecule has 2 aromatic heterocycles. The summed E-state index contributed by atoms with van der Waals surface area (Å²) < 4.78 is 9.82. The van der Waals surface area contributed by atoms with E-state index in [0.717, 1.165) is 31.9 Å². The van der Waals surface area contributed by atoms with E-state index in [9.17, 15) is 4.79 Å². The third kappa shape index (κ3) is 3.29. The van der Waals surface area contributed by atoms with Crippen LogP contribution in [-0.4, -0.2) is 57.5 Å². The van der Waals surface area contributed by atoms with Gasteiger partial charge in [-0.1, -0.05) is 0 Å². The van der Waals surface area contributed by atoms with Crippen LogP contribution in [0.3, 0.4) is 0 Å². The van der Waals surface area contributed by atoms with E-state index in [4.69, 9.17) is 4.74 Å². The molecule has 2 aliphatic heterocycles. The molecular formula is C19H27N5O2. The van der Waals surface area contributed by atoms with Gasteiger partial charge in [-0.2, -0.15) is 5.10 Å². The van der Waals surface area contributed by atoms with Gasteiger partial charge >= 0.3 is 0 Å². The number of rotatable bonds is 5. The van der Waals surface area contributed by atoms with Crippen LogP contribution < -0.4 is 5.32 Å². The molecule has 1 N–H and O–H groups in total. The maximum atomic E-state index is 12.3. The first-order valence-corrected chi connectivity index (χ1v) is 9.24. The Morgan fingerprint density at radius 1 is 1.38 bits per heavy atom. The molecule has 0 saturated carbocycles. The van der Waals surface area contributed by atoms with Crippen LogP contribution in [0.4, 0.5) is 0 Å². The van der Waals surface area contributed by atoms with Crippen molar-refractivity contribution in [1.29, 1.82) is 0 Å².